The summed E-state index contributed by atoms with van der Waals surface area (Å²) in [5.41, 5.74) is 1.49. The van der Waals surface area contributed by atoms with Crippen molar-refractivity contribution in [3.8, 4) is 11.5 Å². The van der Waals surface area contributed by atoms with Crippen LogP contribution in [0, 0.1) is 0 Å². The number of hydrogen-bond donors (Lipinski definition) is 1. The highest BCUT2D eigenvalue weighted by Gasteiger charge is 2.25. The fraction of sp³-hybridized carbons (Fsp3) is 0.286. The molecule has 1 fully saturated rings. The summed E-state index contributed by atoms with van der Waals surface area (Å²) >= 11 is 0. The largest absolute Gasteiger partial charge is 0.493 e. The molecule has 1 aliphatic rings. The molecule has 3 rings (SSSR count). The lowest BCUT2D eigenvalue weighted by Crippen LogP contribution is -2.27. The molecule has 0 bridgehead atoms. The first-order valence-corrected chi connectivity index (χ1v) is 9.12. The van der Waals surface area contributed by atoms with Crippen LogP contribution in [0.25, 0.3) is 0 Å². The van der Waals surface area contributed by atoms with E-state index in [0.717, 1.165) is 6.42 Å². The predicted octanol–water partition coefficient (Wildman–Crippen LogP) is 2.63. The number of ether oxygens (including phenoxy) is 3. The summed E-state index contributed by atoms with van der Waals surface area (Å²) < 4.78 is 15.2. The Kier molecular flexibility index (Phi) is 6.33. The van der Waals surface area contributed by atoms with Gasteiger partial charge in [0.05, 0.1) is 25.5 Å². The molecular weight excluding hydrogens is 376 g/mol. The van der Waals surface area contributed by atoms with E-state index in [1.807, 2.05) is 0 Å². The Hall–Kier alpha value is -3.55. The molecular formula is C21H22N2O6. The number of nitrogens with zero attached hydrogens (tertiary/aromatic N) is 1. The highest BCUT2D eigenvalue weighted by atomic mass is 16.6. The molecule has 0 spiro atoms. The van der Waals surface area contributed by atoms with Crippen molar-refractivity contribution in [3.63, 3.8) is 0 Å². The van der Waals surface area contributed by atoms with E-state index < -0.39 is 5.97 Å². The number of anilines is 2. The highest BCUT2D eigenvalue weighted by Crippen LogP contribution is 2.31. The number of rotatable bonds is 7. The van der Waals surface area contributed by atoms with Gasteiger partial charge in [0.1, 0.15) is 0 Å². The zero-order valence-electron chi connectivity index (χ0n) is 16.3. The number of hydrogen-bond acceptors (Lipinski definition) is 6. The van der Waals surface area contributed by atoms with Crippen LogP contribution in [0.1, 0.15) is 23.2 Å². The average molecular weight is 398 g/mol. The van der Waals surface area contributed by atoms with Crippen LogP contribution in [0.4, 0.5) is 11.4 Å². The molecule has 152 valence electrons. The van der Waals surface area contributed by atoms with E-state index in [2.05, 4.69) is 10.1 Å². The third kappa shape index (κ3) is 4.66. The average Bonchev–Trinajstić information content (AvgIpc) is 3.18. The van der Waals surface area contributed by atoms with Crippen LogP contribution >= 0.6 is 0 Å². The second-order valence-electron chi connectivity index (χ2n) is 6.35. The Morgan fingerprint density at radius 2 is 1.90 bits per heavy atom. The number of amides is 2. The molecule has 0 aliphatic carbocycles. The van der Waals surface area contributed by atoms with E-state index in [1.54, 1.807) is 47.4 Å². The van der Waals surface area contributed by atoms with Gasteiger partial charge in [0.25, 0.3) is 5.91 Å². The van der Waals surface area contributed by atoms with Crippen molar-refractivity contribution >= 4 is 29.2 Å². The van der Waals surface area contributed by atoms with Crippen LogP contribution in [0.15, 0.2) is 42.5 Å². The van der Waals surface area contributed by atoms with Crippen LogP contribution in [0.5, 0.6) is 11.5 Å². The summed E-state index contributed by atoms with van der Waals surface area (Å²) in [5.74, 6) is -0.143. The number of esters is 1. The fourth-order valence-electron chi connectivity index (χ4n) is 3.06. The van der Waals surface area contributed by atoms with Crippen molar-refractivity contribution in [2.45, 2.75) is 12.8 Å². The summed E-state index contributed by atoms with van der Waals surface area (Å²) in [7, 11) is 2.73. The smallest absolute Gasteiger partial charge is 0.343 e. The molecule has 2 aromatic carbocycles. The minimum atomic E-state index is -0.516. The van der Waals surface area contributed by atoms with Crippen molar-refractivity contribution in [1.82, 2.24) is 0 Å². The normalized spacial score (nSPS) is 13.2. The summed E-state index contributed by atoms with van der Waals surface area (Å²) in [5, 5.41) is 2.81. The monoisotopic (exact) mass is 398 g/mol. The van der Waals surface area contributed by atoms with E-state index in [9.17, 15) is 14.4 Å². The Morgan fingerprint density at radius 3 is 2.59 bits per heavy atom. The zero-order chi connectivity index (χ0) is 20.8. The van der Waals surface area contributed by atoms with Gasteiger partial charge in [0, 0.05) is 24.7 Å². The summed E-state index contributed by atoms with van der Waals surface area (Å²) in [6.45, 7) is 0.346. The number of carbonyl (C=O) groups excluding carboxylic acids is 3. The van der Waals surface area contributed by atoms with Crippen LogP contribution in [0.3, 0.4) is 0 Å². The lowest BCUT2D eigenvalue weighted by atomic mass is 10.1. The molecule has 1 N–H and O–H groups in total. The minimum absolute atomic E-state index is 0.0130. The molecule has 8 nitrogen and oxygen atoms in total. The maximum absolute atomic E-state index is 12.9. The zero-order valence-corrected chi connectivity index (χ0v) is 16.3. The maximum Gasteiger partial charge on any atom is 0.343 e. The fourth-order valence-corrected chi connectivity index (χ4v) is 3.06. The molecule has 0 unspecified atom stereocenters. The van der Waals surface area contributed by atoms with Crippen LogP contribution in [-0.4, -0.2) is 45.2 Å². The molecule has 2 amide bonds. The van der Waals surface area contributed by atoms with Gasteiger partial charge in [-0.2, -0.15) is 0 Å². The first kappa shape index (κ1) is 20.2. The highest BCUT2D eigenvalue weighted by molar-refractivity contribution is 6.11. The van der Waals surface area contributed by atoms with Gasteiger partial charge < -0.3 is 24.4 Å². The number of para-hydroxylation sites is 1. The first-order valence-electron chi connectivity index (χ1n) is 9.12. The van der Waals surface area contributed by atoms with Crippen molar-refractivity contribution in [2.24, 2.45) is 0 Å². The predicted molar refractivity (Wildman–Crippen MR) is 106 cm³/mol. The van der Waals surface area contributed by atoms with Gasteiger partial charge in [-0.25, -0.2) is 4.79 Å². The molecule has 2 aromatic rings. The van der Waals surface area contributed by atoms with E-state index >= 15 is 0 Å². The quantitative estimate of drug-likeness (QED) is 0.721. The molecule has 0 saturated carbocycles. The van der Waals surface area contributed by atoms with Gasteiger partial charge in [0.2, 0.25) is 5.91 Å². The Labute approximate surface area is 168 Å². The lowest BCUT2D eigenvalue weighted by Gasteiger charge is -2.19. The van der Waals surface area contributed by atoms with Crippen molar-refractivity contribution < 1.29 is 28.6 Å². The van der Waals surface area contributed by atoms with E-state index in [4.69, 9.17) is 9.47 Å². The van der Waals surface area contributed by atoms with E-state index in [-0.39, 0.29) is 18.4 Å². The third-order valence-electron chi connectivity index (χ3n) is 4.51. The summed E-state index contributed by atoms with van der Waals surface area (Å²) in [6, 6.07) is 11.8. The van der Waals surface area contributed by atoms with Crippen LogP contribution < -0.4 is 19.7 Å². The minimum Gasteiger partial charge on any atom is -0.493 e. The number of carbonyl (C=O) groups is 3. The molecule has 1 heterocycles. The molecule has 0 radical (unpaired) electrons. The SMILES string of the molecule is COC(=O)COc1ccc(NC(=O)c2ccccc2N2CCCC2=O)cc1OC. The second kappa shape index (κ2) is 9.09. The Morgan fingerprint density at radius 1 is 1.10 bits per heavy atom. The van der Waals surface area contributed by atoms with Crippen molar-refractivity contribution in [3.05, 3.63) is 48.0 Å². The van der Waals surface area contributed by atoms with Gasteiger partial charge in [-0.1, -0.05) is 12.1 Å². The number of benzene rings is 2. The Bertz CT molecular complexity index is 927. The third-order valence-corrected chi connectivity index (χ3v) is 4.51. The van der Waals surface area contributed by atoms with Crippen LogP contribution in [0.2, 0.25) is 0 Å². The molecule has 1 saturated heterocycles. The number of nitrogens with one attached hydrogen (secondary N) is 1. The van der Waals surface area contributed by atoms with Gasteiger partial charge in [0.15, 0.2) is 18.1 Å². The lowest BCUT2D eigenvalue weighted by molar-refractivity contribution is -0.142. The Balaban J connectivity index is 1.77. The van der Waals surface area contributed by atoms with E-state index in [0.29, 0.717) is 41.4 Å². The number of methoxy groups -OCH3 is 2. The van der Waals surface area contributed by atoms with Crippen molar-refractivity contribution in [1.29, 1.82) is 0 Å². The molecule has 8 heteroatoms. The first-order chi connectivity index (χ1) is 14.0. The second-order valence-corrected chi connectivity index (χ2v) is 6.35. The summed E-state index contributed by atoms with van der Waals surface area (Å²) in [6.07, 6.45) is 1.26. The topological polar surface area (TPSA) is 94.2 Å². The molecule has 0 atom stereocenters. The van der Waals surface area contributed by atoms with Gasteiger partial charge in [-0.05, 0) is 30.7 Å². The van der Waals surface area contributed by atoms with E-state index in [1.165, 1.54) is 14.2 Å². The molecule has 0 aromatic heterocycles. The van der Waals surface area contributed by atoms with Crippen LogP contribution in [-0.2, 0) is 14.3 Å². The summed E-state index contributed by atoms with van der Waals surface area (Å²) in [4.78, 5) is 37.8. The van der Waals surface area contributed by atoms with Gasteiger partial charge in [-0.3, -0.25) is 9.59 Å². The molecule has 29 heavy (non-hydrogen) atoms. The standard InChI is InChI=1S/C21H22N2O6/c1-27-18-12-14(9-10-17(18)29-13-20(25)28-2)22-21(26)15-6-3-4-7-16(15)23-11-5-8-19(23)24/h3-4,6-7,9-10,12H,5,8,11,13H2,1-2H3,(H,22,26). The van der Waals surface area contributed by atoms with Gasteiger partial charge in [-0.15, -0.1) is 0 Å². The van der Waals surface area contributed by atoms with Crippen molar-refractivity contribution in [2.75, 3.05) is 37.6 Å². The molecule has 1 aliphatic heterocycles. The maximum atomic E-state index is 12.9. The van der Waals surface area contributed by atoms with Gasteiger partial charge >= 0.3 is 5.97 Å².